The lowest BCUT2D eigenvalue weighted by Crippen LogP contribution is -1.76. The van der Waals surface area contributed by atoms with Crippen LogP contribution in [-0.2, 0) is 4.57 Å². The fourth-order valence-corrected chi connectivity index (χ4v) is 0. The molecule has 0 saturated heterocycles. The van der Waals surface area contributed by atoms with Crippen molar-refractivity contribution in [2.45, 2.75) is 57.3 Å². The van der Waals surface area contributed by atoms with E-state index < -0.39 is 7.82 Å². The molecule has 0 saturated carbocycles. The molecule has 4 nitrogen and oxygen atoms in total. The van der Waals surface area contributed by atoms with Crippen LogP contribution >= 0.6 is 75.2 Å². The fraction of sp³-hybridized carbons (Fsp3) is 1.00. The van der Waals surface area contributed by atoms with E-state index in [9.17, 15) is 0 Å². The van der Waals surface area contributed by atoms with Crippen molar-refractivity contribution in [1.82, 2.24) is 0 Å². The molecule has 0 unspecified atom stereocenters. The van der Waals surface area contributed by atoms with E-state index in [1.54, 1.807) is 32.4 Å². The third kappa shape index (κ3) is 144. The summed E-state index contributed by atoms with van der Waals surface area (Å²) in [6, 6.07) is 0. The average Bonchev–Trinajstić information content (AvgIpc) is 2.28. The zero-order chi connectivity index (χ0) is 17.4. The summed E-state index contributed by atoms with van der Waals surface area (Å²) >= 11 is 11.8. The molecule has 0 spiro atoms. The van der Waals surface area contributed by atoms with Crippen LogP contribution in [0.2, 0.25) is 0 Å². The SMILES string of the molecule is CC(C)SS.CC(C)SS.CC(C)SS.O=P(O)(O)O.[MgH2].[MgH2].[MgH2]. The lowest BCUT2D eigenvalue weighted by molar-refractivity contribution is 0.275. The molecule has 0 aromatic carbocycles. The van der Waals surface area contributed by atoms with E-state index in [0.29, 0.717) is 15.7 Å². The Morgan fingerprint density at radius 3 is 0.696 bits per heavy atom. The average molecular weight is 502 g/mol. The first kappa shape index (κ1) is 46.0. The molecule has 0 aliphatic carbocycles. The summed E-state index contributed by atoms with van der Waals surface area (Å²) in [7, 11) is 0.0833. The second-order valence-corrected chi connectivity index (χ2v) is 10.4. The minimum absolute atomic E-state index is 0. The molecule has 0 aromatic heterocycles. The van der Waals surface area contributed by atoms with Crippen LogP contribution in [0.25, 0.3) is 0 Å². The molecular weight excluding hydrogens is 468 g/mol. The Bertz CT molecular complexity index is 198. The first-order valence-electron chi connectivity index (χ1n) is 5.50. The molecular formula is C9H33Mg3O4PS6. The summed E-state index contributed by atoms with van der Waals surface area (Å²) in [4.78, 5) is 21.6. The van der Waals surface area contributed by atoms with Gasteiger partial charge in [0.15, 0.2) is 0 Å². The van der Waals surface area contributed by atoms with Crippen molar-refractivity contribution >= 4 is 144 Å². The van der Waals surface area contributed by atoms with Crippen LogP contribution < -0.4 is 0 Å². The van der Waals surface area contributed by atoms with Gasteiger partial charge in [0.1, 0.15) is 0 Å². The Hall–Kier alpha value is 4.51. The van der Waals surface area contributed by atoms with Crippen molar-refractivity contribution in [2.24, 2.45) is 0 Å². The van der Waals surface area contributed by atoms with Gasteiger partial charge in [-0.1, -0.05) is 73.9 Å². The molecule has 0 aromatic rings. The highest BCUT2D eigenvalue weighted by molar-refractivity contribution is 8.69. The summed E-state index contributed by atoms with van der Waals surface area (Å²) in [6.45, 7) is 12.7. The van der Waals surface area contributed by atoms with Gasteiger partial charge in [-0.3, -0.25) is 0 Å². The van der Waals surface area contributed by atoms with E-state index in [4.69, 9.17) is 19.2 Å². The maximum atomic E-state index is 8.88. The molecule has 3 N–H and O–H groups in total. The van der Waals surface area contributed by atoms with Crippen molar-refractivity contribution in [2.75, 3.05) is 0 Å². The third-order valence-corrected chi connectivity index (χ3v) is 5.69. The van der Waals surface area contributed by atoms with Gasteiger partial charge in [0, 0.05) is 15.7 Å². The number of phosphoric acid groups is 1. The second kappa shape index (κ2) is 34.0. The van der Waals surface area contributed by atoms with Gasteiger partial charge < -0.3 is 14.7 Å². The molecule has 0 atom stereocenters. The summed E-state index contributed by atoms with van der Waals surface area (Å²) in [5, 5.41) is 2.00. The molecule has 0 bridgehead atoms. The van der Waals surface area contributed by atoms with Crippen molar-refractivity contribution in [3.8, 4) is 0 Å². The molecule has 0 radical (unpaired) electrons. The van der Waals surface area contributed by atoms with Crippen LogP contribution in [-0.4, -0.2) is 99.6 Å². The Morgan fingerprint density at radius 2 is 0.696 bits per heavy atom. The largest absolute Gasteiger partial charge is 0.466 e. The summed E-state index contributed by atoms with van der Waals surface area (Å²) in [5.41, 5.74) is 0. The monoisotopic (exact) mass is 500 g/mol. The van der Waals surface area contributed by atoms with Crippen LogP contribution in [0.1, 0.15) is 41.5 Å². The highest BCUT2D eigenvalue weighted by Crippen LogP contribution is 2.25. The number of thiol groups is 3. The van der Waals surface area contributed by atoms with Crippen molar-refractivity contribution in [1.29, 1.82) is 0 Å². The predicted octanol–water partition coefficient (Wildman–Crippen LogP) is 2.24. The lowest BCUT2D eigenvalue weighted by atomic mass is 10.6. The van der Waals surface area contributed by atoms with Gasteiger partial charge in [-0.2, -0.15) is 0 Å². The molecule has 0 heterocycles. The van der Waals surface area contributed by atoms with E-state index in [2.05, 4.69) is 76.5 Å². The smallest absolute Gasteiger partial charge is 0.303 e. The summed E-state index contributed by atoms with van der Waals surface area (Å²) in [6.07, 6.45) is 0. The van der Waals surface area contributed by atoms with Crippen LogP contribution in [0.5, 0.6) is 0 Å². The van der Waals surface area contributed by atoms with Crippen LogP contribution in [0.4, 0.5) is 0 Å². The Balaban J connectivity index is -0.0000000284. The fourth-order valence-electron chi connectivity index (χ4n) is 0. The minimum Gasteiger partial charge on any atom is -0.303 e. The molecule has 23 heavy (non-hydrogen) atoms. The minimum atomic E-state index is -4.64. The molecule has 14 heteroatoms. The molecule has 0 rings (SSSR count). The Morgan fingerprint density at radius 1 is 0.652 bits per heavy atom. The summed E-state index contributed by atoms with van der Waals surface area (Å²) in [5.74, 6) is 0. The van der Waals surface area contributed by atoms with Crippen molar-refractivity contribution < 1.29 is 19.2 Å². The normalized spacial score (nSPS) is 8.83. The summed E-state index contributed by atoms with van der Waals surface area (Å²) < 4.78 is 8.88. The van der Waals surface area contributed by atoms with Crippen molar-refractivity contribution in [3.63, 3.8) is 0 Å². The van der Waals surface area contributed by atoms with E-state index in [1.165, 1.54) is 0 Å². The van der Waals surface area contributed by atoms with Gasteiger partial charge in [0.25, 0.3) is 0 Å². The zero-order valence-corrected chi connectivity index (χ0v) is 18.5. The van der Waals surface area contributed by atoms with Gasteiger partial charge in [-0.25, -0.2) is 4.57 Å². The molecule has 140 valence electrons. The molecule has 0 aliphatic heterocycles. The van der Waals surface area contributed by atoms with E-state index in [1.807, 2.05) is 0 Å². The quantitative estimate of drug-likeness (QED) is 0.153. The molecule has 0 aliphatic rings. The zero-order valence-electron chi connectivity index (χ0n) is 12.5. The van der Waals surface area contributed by atoms with Crippen LogP contribution in [0.15, 0.2) is 0 Å². The standard InChI is InChI=1S/3C3H8S2.3Mg.H3O4P.6H/c3*1-3(2)5-4;;;;1-5(2,3)4;;;;;;/h3*3-4H,1-2H3;;;;(H3,1,2,3,4);;;;;;. The van der Waals surface area contributed by atoms with Gasteiger partial charge in [-0.05, 0) is 0 Å². The van der Waals surface area contributed by atoms with Gasteiger partial charge in [0.2, 0.25) is 0 Å². The topological polar surface area (TPSA) is 77.8 Å². The number of hydrogen-bond acceptors (Lipinski definition) is 7. The van der Waals surface area contributed by atoms with Gasteiger partial charge >= 0.3 is 77.0 Å². The van der Waals surface area contributed by atoms with E-state index in [-0.39, 0.29) is 69.2 Å². The second-order valence-electron chi connectivity index (χ2n) is 3.98. The highest BCUT2D eigenvalue weighted by Gasteiger charge is 2.00. The Labute approximate surface area is 217 Å². The van der Waals surface area contributed by atoms with E-state index in [0.717, 1.165) is 0 Å². The molecule has 0 fully saturated rings. The highest BCUT2D eigenvalue weighted by atomic mass is 33.1. The van der Waals surface area contributed by atoms with Gasteiger partial charge in [0.05, 0.1) is 0 Å². The van der Waals surface area contributed by atoms with E-state index >= 15 is 0 Å². The predicted molar refractivity (Wildman–Crippen MR) is 135 cm³/mol. The van der Waals surface area contributed by atoms with Crippen LogP contribution in [0.3, 0.4) is 0 Å². The number of hydrogen-bond donors (Lipinski definition) is 6. The first-order valence-corrected chi connectivity index (χ1v) is 12.9. The van der Waals surface area contributed by atoms with Gasteiger partial charge in [-0.15, -0.1) is 35.0 Å². The first-order chi connectivity index (χ1) is 8.81. The Kier molecular flexibility index (Phi) is 68.0. The molecule has 0 amide bonds. The number of rotatable bonds is 3. The third-order valence-electron chi connectivity index (χ3n) is 0.632. The maximum absolute atomic E-state index is 8.88. The maximum Gasteiger partial charge on any atom is 0.466 e. The lowest BCUT2D eigenvalue weighted by Gasteiger charge is -1.89. The van der Waals surface area contributed by atoms with Crippen LogP contribution in [0, 0.1) is 0 Å². The van der Waals surface area contributed by atoms with Crippen molar-refractivity contribution in [3.05, 3.63) is 0 Å².